The van der Waals surface area contributed by atoms with Crippen molar-refractivity contribution < 1.29 is 52.7 Å². The zero-order chi connectivity index (χ0) is 53.0. The Morgan fingerprint density at radius 1 is 0.457 bits per heavy atom. The largest absolute Gasteiger partial charge is 0.416 e. The zero-order valence-corrected chi connectivity index (χ0v) is 43.0. The van der Waals surface area contributed by atoms with Crippen LogP contribution in [-0.4, -0.2) is 47.9 Å². The van der Waals surface area contributed by atoms with Crippen molar-refractivity contribution in [2.45, 2.75) is 188 Å². The van der Waals surface area contributed by atoms with Crippen molar-refractivity contribution in [3.63, 3.8) is 0 Å². The average molecular weight is 1050 g/mol. The number of halogens is 12. The summed E-state index contributed by atoms with van der Waals surface area (Å²) in [5.74, 6) is 0.311. The summed E-state index contributed by atoms with van der Waals surface area (Å²) >= 11 is 10.8. The molecule has 2 aromatic rings. The minimum Gasteiger partial charge on any atom is -0.357 e. The first-order chi connectivity index (χ1) is 32.3. The standard InChI is InChI=1S/C49H73F12N7S2/c1-8-9-10-11-12-13-14-15-16-17-18-19-20-21-22-23-24-62-41(63-31-39(44(2,3)4)67-42(69)65-37-27-33(46(50,51)52)25-34(28-37)47(53,54)55)64-32-40(45(5,6)7)68-43(70)66-38-29-35(48(56,57)58)26-36(30-38)49(59,60)61/h25-30,39-40H,8-24,31-32H2,1-7H3,(H2,62,63,64)(H2,65,67,69)(H2,66,68,70)/t39-,40-/m1/s1. The summed E-state index contributed by atoms with van der Waals surface area (Å²) < 4.78 is 163. The molecule has 0 aromatic heterocycles. The molecule has 2 aromatic carbocycles. The molecule has 0 bridgehead atoms. The second kappa shape index (κ2) is 28.5. The van der Waals surface area contributed by atoms with Crippen LogP contribution < -0.4 is 31.9 Å². The van der Waals surface area contributed by atoms with Gasteiger partial charge in [-0.25, -0.2) is 0 Å². The third-order valence-corrected chi connectivity index (χ3v) is 12.1. The van der Waals surface area contributed by atoms with Crippen molar-refractivity contribution >= 4 is 52.0 Å². The number of rotatable bonds is 25. The fraction of sp³-hybridized carbons (Fsp3) is 0.694. The van der Waals surface area contributed by atoms with Crippen LogP contribution in [0, 0.1) is 10.8 Å². The Bertz CT molecular complexity index is 1850. The molecule has 0 fully saturated rings. The molecule has 6 N–H and O–H groups in total. The van der Waals surface area contributed by atoms with Crippen LogP contribution in [0.15, 0.2) is 41.4 Å². The van der Waals surface area contributed by atoms with Gasteiger partial charge in [0.1, 0.15) is 0 Å². The molecule has 0 aliphatic rings. The fourth-order valence-corrected chi connectivity index (χ4v) is 7.77. The number of unbranched alkanes of at least 4 members (excludes halogenated alkanes) is 15. The van der Waals surface area contributed by atoms with Gasteiger partial charge in [-0.05, 0) is 78.1 Å². The summed E-state index contributed by atoms with van der Waals surface area (Å²) in [6.07, 6.45) is -1.11. The highest BCUT2D eigenvalue weighted by Crippen LogP contribution is 2.39. The van der Waals surface area contributed by atoms with Gasteiger partial charge in [-0.3, -0.25) is 4.99 Å². The monoisotopic (exact) mass is 1050 g/mol. The average Bonchev–Trinajstić information content (AvgIpc) is 3.22. The van der Waals surface area contributed by atoms with Gasteiger partial charge in [0.2, 0.25) is 0 Å². The second-order valence-electron chi connectivity index (χ2n) is 19.9. The molecule has 0 heterocycles. The van der Waals surface area contributed by atoms with Crippen LogP contribution in [0.4, 0.5) is 64.1 Å². The van der Waals surface area contributed by atoms with Crippen LogP contribution in [0.25, 0.3) is 0 Å². The third kappa shape index (κ3) is 25.1. The van der Waals surface area contributed by atoms with E-state index in [0.717, 1.165) is 32.1 Å². The summed E-state index contributed by atoms with van der Waals surface area (Å²) in [4.78, 5) is 4.78. The van der Waals surface area contributed by atoms with Crippen molar-refractivity contribution in [1.29, 1.82) is 0 Å². The minimum absolute atomic E-state index is 0.000664. The first kappa shape index (κ1) is 62.4. The van der Waals surface area contributed by atoms with Gasteiger partial charge in [-0.1, -0.05) is 145 Å². The Morgan fingerprint density at radius 2 is 0.771 bits per heavy atom. The SMILES string of the molecule is CCCCCCCCCCCCCCCCCCNC(=NC[C@@H](NC(=S)Nc1cc(C(F)(F)F)cc(C(F)(F)F)c1)C(C)(C)C)NC[C@@H](NC(=S)Nc1cc(C(F)(F)F)cc(C(F)(F)F)c1)C(C)(C)C. The quantitative estimate of drug-likeness (QED) is 0.0193. The number of guanidine groups is 1. The second-order valence-corrected chi connectivity index (χ2v) is 20.7. The lowest BCUT2D eigenvalue weighted by atomic mass is 9.86. The summed E-state index contributed by atoms with van der Waals surface area (Å²) in [7, 11) is 0. The Labute approximate surface area is 417 Å². The number of thiocarbonyl (C=S) groups is 2. The lowest BCUT2D eigenvalue weighted by Gasteiger charge is -2.34. The van der Waals surface area contributed by atoms with E-state index >= 15 is 0 Å². The first-order valence-corrected chi connectivity index (χ1v) is 24.9. The van der Waals surface area contributed by atoms with Gasteiger partial charge in [-0.15, -0.1) is 0 Å². The van der Waals surface area contributed by atoms with Gasteiger partial charge < -0.3 is 31.9 Å². The van der Waals surface area contributed by atoms with Crippen LogP contribution >= 0.6 is 24.4 Å². The molecule has 2 atom stereocenters. The van der Waals surface area contributed by atoms with Gasteiger partial charge in [-0.2, -0.15) is 52.7 Å². The van der Waals surface area contributed by atoms with Crippen molar-refractivity contribution in [3.8, 4) is 0 Å². The zero-order valence-electron chi connectivity index (χ0n) is 41.4. The highest BCUT2D eigenvalue weighted by molar-refractivity contribution is 7.80. The molecular weight excluding hydrogens is 979 g/mol. The maximum atomic E-state index is 13.6. The highest BCUT2D eigenvalue weighted by atomic mass is 32.1. The Kier molecular flexibility index (Phi) is 25.4. The number of alkyl halides is 12. The van der Waals surface area contributed by atoms with E-state index in [-0.39, 0.29) is 35.4 Å². The Balaban J connectivity index is 2.21. The summed E-state index contributed by atoms with van der Waals surface area (Å²) in [5, 5.41) is 17.0. The van der Waals surface area contributed by atoms with Crippen molar-refractivity contribution in [2.75, 3.05) is 30.3 Å². The number of nitrogens with one attached hydrogen (secondary N) is 6. The Morgan fingerprint density at radius 3 is 1.09 bits per heavy atom. The molecule has 0 aliphatic carbocycles. The molecule has 0 saturated carbocycles. The molecule has 0 saturated heterocycles. The van der Waals surface area contributed by atoms with Gasteiger partial charge in [0.15, 0.2) is 16.2 Å². The number of benzene rings is 2. The van der Waals surface area contributed by atoms with E-state index in [1.54, 1.807) is 0 Å². The minimum atomic E-state index is -5.07. The van der Waals surface area contributed by atoms with E-state index in [9.17, 15) is 52.7 Å². The number of hydrogen-bond acceptors (Lipinski definition) is 3. The lowest BCUT2D eigenvalue weighted by Crippen LogP contribution is -2.53. The maximum Gasteiger partial charge on any atom is 0.416 e. The molecule has 21 heteroatoms. The fourth-order valence-electron chi connectivity index (χ4n) is 7.25. The van der Waals surface area contributed by atoms with Gasteiger partial charge >= 0.3 is 24.7 Å². The van der Waals surface area contributed by atoms with E-state index in [1.807, 2.05) is 41.5 Å². The molecule has 2 rings (SSSR count). The predicted molar refractivity (Wildman–Crippen MR) is 266 cm³/mol. The predicted octanol–water partition coefficient (Wildman–Crippen LogP) is 15.7. The molecule has 7 nitrogen and oxygen atoms in total. The van der Waals surface area contributed by atoms with Gasteiger partial charge in [0.25, 0.3) is 0 Å². The molecule has 400 valence electrons. The molecular formula is C49H73F12N7S2. The highest BCUT2D eigenvalue weighted by Gasteiger charge is 2.39. The summed E-state index contributed by atoms with van der Waals surface area (Å²) in [5.41, 5.74) is -8.32. The van der Waals surface area contributed by atoms with E-state index in [4.69, 9.17) is 29.4 Å². The van der Waals surface area contributed by atoms with Gasteiger partial charge in [0, 0.05) is 24.5 Å². The smallest absolute Gasteiger partial charge is 0.357 e. The number of nitrogens with zero attached hydrogens (tertiary/aromatic N) is 1. The number of anilines is 2. The first-order valence-electron chi connectivity index (χ1n) is 24.1. The van der Waals surface area contributed by atoms with Crippen LogP contribution in [0.1, 0.15) is 173 Å². The van der Waals surface area contributed by atoms with E-state index < -0.39 is 81.2 Å². The summed E-state index contributed by atoms with van der Waals surface area (Å²) in [6.45, 7) is 13.9. The van der Waals surface area contributed by atoms with E-state index in [2.05, 4.69) is 38.8 Å². The van der Waals surface area contributed by atoms with Crippen molar-refractivity contribution in [1.82, 2.24) is 21.3 Å². The topological polar surface area (TPSA) is 84.5 Å². The van der Waals surface area contributed by atoms with Crippen LogP contribution in [0.2, 0.25) is 0 Å². The van der Waals surface area contributed by atoms with Crippen LogP contribution in [0.5, 0.6) is 0 Å². The molecule has 0 radical (unpaired) electrons. The third-order valence-electron chi connectivity index (χ3n) is 11.6. The molecule has 70 heavy (non-hydrogen) atoms. The lowest BCUT2D eigenvalue weighted by molar-refractivity contribution is -0.144. The maximum absolute atomic E-state index is 13.6. The van der Waals surface area contributed by atoms with Crippen molar-refractivity contribution in [3.05, 3.63) is 58.7 Å². The Hall–Kier alpha value is -3.75. The molecule has 0 aliphatic heterocycles. The van der Waals surface area contributed by atoms with E-state index in [0.29, 0.717) is 36.8 Å². The van der Waals surface area contributed by atoms with Gasteiger partial charge in [0.05, 0.1) is 40.9 Å². The molecule has 0 amide bonds. The number of aliphatic imine (C=N–C) groups is 1. The molecule has 0 unspecified atom stereocenters. The summed E-state index contributed by atoms with van der Waals surface area (Å²) in [6, 6.07) is 0.926. The van der Waals surface area contributed by atoms with Crippen molar-refractivity contribution in [2.24, 2.45) is 15.8 Å². The van der Waals surface area contributed by atoms with E-state index in [1.165, 1.54) is 70.6 Å². The normalized spacial score (nSPS) is 14.0. The molecule has 0 spiro atoms. The van der Waals surface area contributed by atoms with Crippen LogP contribution in [-0.2, 0) is 24.7 Å². The van der Waals surface area contributed by atoms with Crippen LogP contribution in [0.3, 0.4) is 0 Å². The number of hydrogen-bond donors (Lipinski definition) is 6.